The largest absolute Gasteiger partial charge is 0.495 e. The molecule has 0 spiro atoms. The molecule has 1 aliphatic rings. The van der Waals surface area contributed by atoms with E-state index in [0.717, 1.165) is 11.1 Å². The molecule has 3 rings (SSSR count). The van der Waals surface area contributed by atoms with Gasteiger partial charge in [-0.1, -0.05) is 41.9 Å². The van der Waals surface area contributed by atoms with E-state index in [1.54, 1.807) is 35.1 Å². The monoisotopic (exact) mass is 447 g/mol. The SMILES string of the molecule is C=CC(=O)N1CCN(C(=O)CNc2cc(-c3ccc(Cl)cc3)c(Cl)cc2OC)CC1. The van der Waals surface area contributed by atoms with Gasteiger partial charge < -0.3 is 19.9 Å². The minimum absolute atomic E-state index is 0.0502. The lowest BCUT2D eigenvalue weighted by Crippen LogP contribution is -2.51. The standard InChI is InChI=1S/C22H23Cl2N3O3/c1-3-21(28)26-8-10-27(11-9-26)22(29)14-25-19-12-17(18(24)13-20(19)30-2)15-4-6-16(23)7-5-15/h3-7,12-13,25H,1,8-11,14H2,2H3. The molecule has 8 heteroatoms. The average Bonchev–Trinajstić information content (AvgIpc) is 2.78. The van der Waals surface area contributed by atoms with Gasteiger partial charge in [-0.05, 0) is 29.8 Å². The number of anilines is 1. The molecule has 30 heavy (non-hydrogen) atoms. The summed E-state index contributed by atoms with van der Waals surface area (Å²) in [5.74, 6) is 0.388. The molecule has 1 fully saturated rings. The second kappa shape index (κ2) is 9.87. The van der Waals surface area contributed by atoms with Crippen LogP contribution in [0, 0.1) is 0 Å². The number of halogens is 2. The Kier molecular flexibility index (Phi) is 7.24. The molecule has 0 aliphatic carbocycles. The van der Waals surface area contributed by atoms with Crippen LogP contribution in [0.2, 0.25) is 10.0 Å². The van der Waals surface area contributed by atoms with E-state index in [-0.39, 0.29) is 18.4 Å². The van der Waals surface area contributed by atoms with Gasteiger partial charge in [0.05, 0.1) is 24.4 Å². The van der Waals surface area contributed by atoms with Crippen molar-refractivity contribution in [1.82, 2.24) is 9.80 Å². The maximum atomic E-state index is 12.6. The Morgan fingerprint density at radius 1 is 1.10 bits per heavy atom. The number of carbonyl (C=O) groups excluding carboxylic acids is 2. The number of hydrogen-bond donors (Lipinski definition) is 1. The average molecular weight is 448 g/mol. The van der Waals surface area contributed by atoms with Gasteiger partial charge in [-0.3, -0.25) is 9.59 Å². The summed E-state index contributed by atoms with van der Waals surface area (Å²) in [7, 11) is 1.55. The third-order valence-corrected chi connectivity index (χ3v) is 5.56. The first-order valence-corrected chi connectivity index (χ1v) is 10.2. The molecule has 0 aromatic heterocycles. The number of methoxy groups -OCH3 is 1. The molecule has 1 saturated heterocycles. The maximum absolute atomic E-state index is 12.6. The fraction of sp³-hybridized carbons (Fsp3) is 0.273. The summed E-state index contributed by atoms with van der Waals surface area (Å²) in [6.07, 6.45) is 1.30. The molecular formula is C22H23Cl2N3O3. The Morgan fingerprint density at radius 2 is 1.73 bits per heavy atom. The number of rotatable bonds is 6. The second-order valence-corrected chi connectivity index (χ2v) is 7.65. The van der Waals surface area contributed by atoms with Crippen LogP contribution < -0.4 is 10.1 Å². The van der Waals surface area contributed by atoms with Crippen molar-refractivity contribution in [2.45, 2.75) is 0 Å². The smallest absolute Gasteiger partial charge is 0.246 e. The first-order valence-electron chi connectivity index (χ1n) is 9.49. The number of piperazine rings is 1. The number of nitrogens with one attached hydrogen (secondary N) is 1. The first kappa shape index (κ1) is 22.0. The normalized spacial score (nSPS) is 13.7. The number of hydrogen-bond acceptors (Lipinski definition) is 4. The van der Waals surface area contributed by atoms with Gasteiger partial charge in [0, 0.05) is 42.8 Å². The van der Waals surface area contributed by atoms with Crippen molar-refractivity contribution in [3.8, 4) is 16.9 Å². The van der Waals surface area contributed by atoms with Crippen molar-refractivity contribution in [2.24, 2.45) is 0 Å². The highest BCUT2D eigenvalue weighted by atomic mass is 35.5. The summed E-state index contributed by atoms with van der Waals surface area (Å²) >= 11 is 12.4. The zero-order chi connectivity index (χ0) is 21.7. The van der Waals surface area contributed by atoms with Crippen molar-refractivity contribution < 1.29 is 14.3 Å². The summed E-state index contributed by atoms with van der Waals surface area (Å²) < 4.78 is 5.42. The van der Waals surface area contributed by atoms with E-state index >= 15 is 0 Å². The Labute approximate surface area is 186 Å². The minimum atomic E-state index is -0.110. The highest BCUT2D eigenvalue weighted by Gasteiger charge is 2.23. The number of benzene rings is 2. The zero-order valence-corrected chi connectivity index (χ0v) is 18.2. The van der Waals surface area contributed by atoms with Gasteiger partial charge in [-0.2, -0.15) is 0 Å². The highest BCUT2D eigenvalue weighted by molar-refractivity contribution is 6.34. The van der Waals surface area contributed by atoms with Crippen molar-refractivity contribution in [1.29, 1.82) is 0 Å². The van der Waals surface area contributed by atoms with Crippen molar-refractivity contribution in [3.05, 3.63) is 59.1 Å². The van der Waals surface area contributed by atoms with Gasteiger partial charge in [-0.15, -0.1) is 0 Å². The van der Waals surface area contributed by atoms with Crippen LogP contribution >= 0.6 is 23.2 Å². The maximum Gasteiger partial charge on any atom is 0.246 e. The lowest BCUT2D eigenvalue weighted by molar-refractivity contribution is -0.135. The van der Waals surface area contributed by atoms with E-state index in [1.165, 1.54) is 6.08 Å². The number of nitrogens with zero attached hydrogens (tertiary/aromatic N) is 2. The molecule has 1 heterocycles. The van der Waals surface area contributed by atoms with Gasteiger partial charge in [0.1, 0.15) is 5.75 Å². The second-order valence-electron chi connectivity index (χ2n) is 6.80. The summed E-state index contributed by atoms with van der Waals surface area (Å²) in [5, 5.41) is 4.33. The molecule has 2 aromatic carbocycles. The van der Waals surface area contributed by atoms with E-state index in [4.69, 9.17) is 27.9 Å². The number of amides is 2. The van der Waals surface area contributed by atoms with Crippen LogP contribution in [-0.2, 0) is 9.59 Å². The van der Waals surface area contributed by atoms with Gasteiger partial charge in [-0.25, -0.2) is 0 Å². The van der Waals surface area contributed by atoms with E-state index < -0.39 is 0 Å². The van der Waals surface area contributed by atoms with E-state index in [0.29, 0.717) is 47.7 Å². The Morgan fingerprint density at radius 3 is 2.33 bits per heavy atom. The summed E-state index contributed by atoms with van der Waals surface area (Å²) in [5.41, 5.74) is 2.38. The zero-order valence-electron chi connectivity index (χ0n) is 16.7. The topological polar surface area (TPSA) is 61.9 Å². The molecule has 0 radical (unpaired) electrons. The predicted octanol–water partition coefficient (Wildman–Crippen LogP) is 3.94. The van der Waals surface area contributed by atoms with Crippen LogP contribution in [0.3, 0.4) is 0 Å². The summed E-state index contributed by atoms with van der Waals surface area (Å²) in [6.45, 7) is 5.59. The van der Waals surface area contributed by atoms with E-state index in [1.807, 2.05) is 18.2 Å². The molecule has 0 bridgehead atoms. The van der Waals surface area contributed by atoms with E-state index in [2.05, 4.69) is 11.9 Å². The number of carbonyl (C=O) groups is 2. The molecule has 2 amide bonds. The molecule has 158 valence electrons. The lowest BCUT2D eigenvalue weighted by Gasteiger charge is -2.34. The third-order valence-electron chi connectivity index (χ3n) is 4.99. The van der Waals surface area contributed by atoms with Gasteiger partial charge in [0.2, 0.25) is 11.8 Å². The molecule has 1 aliphatic heterocycles. The van der Waals surface area contributed by atoms with Gasteiger partial charge in [0.15, 0.2) is 0 Å². The van der Waals surface area contributed by atoms with Crippen LogP contribution in [0.15, 0.2) is 49.1 Å². The minimum Gasteiger partial charge on any atom is -0.495 e. The molecular weight excluding hydrogens is 425 g/mol. The number of ether oxygens (including phenoxy) is 1. The quantitative estimate of drug-likeness (QED) is 0.681. The van der Waals surface area contributed by atoms with Crippen LogP contribution in [0.5, 0.6) is 5.75 Å². The summed E-state index contributed by atoms with van der Waals surface area (Å²) in [6, 6.07) is 10.9. The van der Waals surface area contributed by atoms with Crippen LogP contribution in [-0.4, -0.2) is 61.4 Å². The first-order chi connectivity index (χ1) is 14.4. The van der Waals surface area contributed by atoms with Crippen LogP contribution in [0.1, 0.15) is 0 Å². The van der Waals surface area contributed by atoms with Crippen molar-refractivity contribution in [2.75, 3.05) is 45.2 Å². The third kappa shape index (κ3) is 5.07. The molecule has 0 unspecified atom stereocenters. The van der Waals surface area contributed by atoms with Crippen LogP contribution in [0.25, 0.3) is 11.1 Å². The Hall–Kier alpha value is -2.70. The van der Waals surface area contributed by atoms with Gasteiger partial charge >= 0.3 is 0 Å². The Balaban J connectivity index is 1.69. The van der Waals surface area contributed by atoms with E-state index in [9.17, 15) is 9.59 Å². The fourth-order valence-electron chi connectivity index (χ4n) is 3.30. The fourth-order valence-corrected chi connectivity index (χ4v) is 3.69. The lowest BCUT2D eigenvalue weighted by atomic mass is 10.0. The summed E-state index contributed by atoms with van der Waals surface area (Å²) in [4.78, 5) is 27.7. The van der Waals surface area contributed by atoms with Crippen molar-refractivity contribution >= 4 is 40.7 Å². The molecule has 0 atom stereocenters. The van der Waals surface area contributed by atoms with Gasteiger partial charge in [0.25, 0.3) is 0 Å². The molecule has 0 saturated carbocycles. The predicted molar refractivity (Wildman–Crippen MR) is 120 cm³/mol. The molecule has 2 aromatic rings. The highest BCUT2D eigenvalue weighted by Crippen LogP contribution is 2.37. The molecule has 6 nitrogen and oxygen atoms in total. The van der Waals surface area contributed by atoms with Crippen molar-refractivity contribution in [3.63, 3.8) is 0 Å². The molecule has 1 N–H and O–H groups in total. The Bertz CT molecular complexity index is 939. The van der Waals surface area contributed by atoms with Crippen LogP contribution in [0.4, 0.5) is 5.69 Å².